The number of sulfonamides is 1. The van der Waals surface area contributed by atoms with E-state index in [2.05, 4.69) is 5.16 Å². The van der Waals surface area contributed by atoms with E-state index in [1.807, 2.05) is 36.4 Å². The molecule has 2 aromatic heterocycles. The van der Waals surface area contributed by atoms with E-state index in [-0.39, 0.29) is 15.7 Å². The van der Waals surface area contributed by atoms with E-state index in [0.717, 1.165) is 36.3 Å². The predicted octanol–water partition coefficient (Wildman–Crippen LogP) is 4.28. The van der Waals surface area contributed by atoms with Crippen molar-refractivity contribution >= 4 is 27.3 Å². The van der Waals surface area contributed by atoms with Crippen molar-refractivity contribution in [3.05, 3.63) is 58.5 Å². The van der Waals surface area contributed by atoms with E-state index in [4.69, 9.17) is 4.52 Å². The molecule has 1 aromatic carbocycles. The summed E-state index contributed by atoms with van der Waals surface area (Å²) in [5, 5.41) is 5.80. The lowest BCUT2D eigenvalue weighted by atomic mass is 10.1. The number of hydrogen-bond acceptors (Lipinski definition) is 6. The third-order valence-electron chi connectivity index (χ3n) is 5.65. The second-order valence-corrected chi connectivity index (χ2v) is 10.8. The van der Waals surface area contributed by atoms with E-state index in [1.165, 1.54) is 15.6 Å². The molecule has 0 unspecified atom stereocenters. The number of thiophene rings is 1. The number of nitrogens with zero attached hydrogens (tertiary/aromatic N) is 3. The van der Waals surface area contributed by atoms with Gasteiger partial charge in [-0.25, -0.2) is 8.42 Å². The number of hydrogen-bond donors (Lipinski definition) is 0. The summed E-state index contributed by atoms with van der Waals surface area (Å²) in [6.07, 6.45) is 4.09. The number of aromatic nitrogens is 1. The SMILES string of the molecule is CN(CCCc1cc(-c2ccccc2)no1)C(=O)c1sccc1S(=O)(=O)N1CCCCC1. The maximum absolute atomic E-state index is 13.1. The van der Waals surface area contributed by atoms with Crippen molar-refractivity contribution in [3.8, 4) is 11.3 Å². The van der Waals surface area contributed by atoms with Crippen LogP contribution >= 0.6 is 11.3 Å². The molecule has 170 valence electrons. The molecule has 0 saturated carbocycles. The third-order valence-corrected chi connectivity index (χ3v) is 8.62. The van der Waals surface area contributed by atoms with Gasteiger partial charge in [0.2, 0.25) is 10.0 Å². The Bertz CT molecular complexity index is 1150. The highest BCUT2D eigenvalue weighted by Crippen LogP contribution is 2.28. The van der Waals surface area contributed by atoms with E-state index < -0.39 is 10.0 Å². The normalized spacial score (nSPS) is 15.0. The maximum Gasteiger partial charge on any atom is 0.265 e. The zero-order valence-electron chi connectivity index (χ0n) is 18.1. The summed E-state index contributed by atoms with van der Waals surface area (Å²) in [7, 11) is -1.94. The van der Waals surface area contributed by atoms with Gasteiger partial charge in [0, 0.05) is 44.7 Å². The molecule has 1 aliphatic heterocycles. The number of amides is 1. The number of carbonyl (C=O) groups is 1. The van der Waals surface area contributed by atoms with Gasteiger partial charge in [-0.1, -0.05) is 41.9 Å². The Kier molecular flexibility index (Phi) is 7.07. The highest BCUT2D eigenvalue weighted by atomic mass is 32.2. The van der Waals surface area contributed by atoms with Crippen molar-refractivity contribution in [2.24, 2.45) is 0 Å². The molecule has 7 nitrogen and oxygen atoms in total. The molecule has 0 radical (unpaired) electrons. The zero-order chi connectivity index (χ0) is 22.6. The van der Waals surface area contributed by atoms with Crippen LogP contribution in [-0.2, 0) is 16.4 Å². The minimum atomic E-state index is -3.64. The number of piperidine rings is 1. The third kappa shape index (κ3) is 4.95. The Morgan fingerprint density at radius 2 is 1.91 bits per heavy atom. The van der Waals surface area contributed by atoms with Crippen LogP contribution in [0.15, 0.2) is 57.3 Å². The highest BCUT2D eigenvalue weighted by molar-refractivity contribution is 7.89. The summed E-state index contributed by atoms with van der Waals surface area (Å²) in [5.74, 6) is 0.493. The second-order valence-electron chi connectivity index (χ2n) is 7.95. The Morgan fingerprint density at radius 1 is 1.16 bits per heavy atom. The molecular formula is C23H27N3O4S2. The van der Waals surface area contributed by atoms with Crippen LogP contribution in [0.5, 0.6) is 0 Å². The number of carbonyl (C=O) groups excluding carboxylic acids is 1. The Labute approximate surface area is 192 Å². The van der Waals surface area contributed by atoms with Crippen molar-refractivity contribution < 1.29 is 17.7 Å². The number of rotatable bonds is 8. The van der Waals surface area contributed by atoms with E-state index in [9.17, 15) is 13.2 Å². The van der Waals surface area contributed by atoms with Crippen molar-refractivity contribution in [3.63, 3.8) is 0 Å². The van der Waals surface area contributed by atoms with Crippen LogP contribution in [0.25, 0.3) is 11.3 Å². The number of aryl methyl sites for hydroxylation is 1. The average molecular weight is 474 g/mol. The van der Waals surface area contributed by atoms with Gasteiger partial charge in [0.25, 0.3) is 5.91 Å². The molecule has 4 rings (SSSR count). The van der Waals surface area contributed by atoms with Crippen molar-refractivity contribution in [2.75, 3.05) is 26.7 Å². The molecule has 0 bridgehead atoms. The summed E-state index contributed by atoms with van der Waals surface area (Å²) in [6, 6.07) is 13.3. The van der Waals surface area contributed by atoms with Crippen LogP contribution in [0.1, 0.15) is 41.1 Å². The maximum atomic E-state index is 13.1. The first-order valence-electron chi connectivity index (χ1n) is 10.8. The standard InChI is InChI=1S/C23H27N3O4S2/c1-25(13-8-11-19-17-20(24-30-19)18-9-4-2-5-10-18)23(27)22-21(12-16-31-22)32(28,29)26-14-6-3-7-15-26/h2,4-5,9-10,12,16-17H,3,6-8,11,13-15H2,1H3. The summed E-state index contributed by atoms with van der Waals surface area (Å²) < 4.78 is 33.0. The smallest absolute Gasteiger partial charge is 0.265 e. The summed E-state index contributed by atoms with van der Waals surface area (Å²) in [4.78, 5) is 15.0. The molecule has 1 saturated heterocycles. The van der Waals surface area contributed by atoms with Gasteiger partial charge in [0.15, 0.2) is 0 Å². The van der Waals surface area contributed by atoms with Crippen LogP contribution in [0.4, 0.5) is 0 Å². The minimum Gasteiger partial charge on any atom is -0.361 e. The Morgan fingerprint density at radius 3 is 2.66 bits per heavy atom. The Hall–Kier alpha value is -2.49. The average Bonchev–Trinajstić information content (AvgIpc) is 3.50. The lowest BCUT2D eigenvalue weighted by Gasteiger charge is -2.26. The molecule has 1 fully saturated rings. The van der Waals surface area contributed by atoms with Crippen molar-refractivity contribution in [2.45, 2.75) is 37.0 Å². The van der Waals surface area contributed by atoms with Crippen LogP contribution in [0, 0.1) is 0 Å². The fraction of sp³-hybridized carbons (Fsp3) is 0.391. The van der Waals surface area contributed by atoms with Gasteiger partial charge in [0.05, 0.1) is 0 Å². The molecule has 1 aliphatic rings. The summed E-state index contributed by atoms with van der Waals surface area (Å²) in [6.45, 7) is 1.52. The van der Waals surface area contributed by atoms with Crippen molar-refractivity contribution in [1.29, 1.82) is 0 Å². The minimum absolute atomic E-state index is 0.129. The van der Waals surface area contributed by atoms with Gasteiger partial charge >= 0.3 is 0 Å². The molecule has 0 atom stereocenters. The molecule has 0 spiro atoms. The second kappa shape index (κ2) is 9.97. The van der Waals surface area contributed by atoms with Crippen LogP contribution in [0.2, 0.25) is 0 Å². The largest absolute Gasteiger partial charge is 0.361 e. The Balaban J connectivity index is 1.36. The molecule has 9 heteroatoms. The van der Waals surface area contributed by atoms with Crippen LogP contribution in [0.3, 0.4) is 0 Å². The van der Waals surface area contributed by atoms with E-state index in [1.54, 1.807) is 23.4 Å². The molecule has 0 N–H and O–H groups in total. The van der Waals surface area contributed by atoms with E-state index >= 15 is 0 Å². The molecule has 32 heavy (non-hydrogen) atoms. The molecule has 3 heterocycles. The summed E-state index contributed by atoms with van der Waals surface area (Å²) in [5.41, 5.74) is 1.78. The first-order valence-corrected chi connectivity index (χ1v) is 13.1. The topological polar surface area (TPSA) is 83.7 Å². The molecular weight excluding hydrogens is 446 g/mol. The van der Waals surface area contributed by atoms with E-state index in [0.29, 0.717) is 32.5 Å². The first kappa shape index (κ1) is 22.7. The van der Waals surface area contributed by atoms with Gasteiger partial charge < -0.3 is 9.42 Å². The van der Waals surface area contributed by atoms with Crippen molar-refractivity contribution in [1.82, 2.24) is 14.4 Å². The van der Waals surface area contributed by atoms with Crippen LogP contribution in [-0.4, -0.2) is 55.4 Å². The van der Waals surface area contributed by atoms with Gasteiger partial charge in [-0.3, -0.25) is 4.79 Å². The fourth-order valence-corrected chi connectivity index (χ4v) is 6.75. The lowest BCUT2D eigenvalue weighted by molar-refractivity contribution is 0.0794. The first-order chi connectivity index (χ1) is 15.5. The van der Waals surface area contributed by atoms with Gasteiger partial charge in [0.1, 0.15) is 21.2 Å². The number of benzene rings is 1. The fourth-order valence-electron chi connectivity index (χ4n) is 3.84. The van der Waals surface area contributed by atoms with Gasteiger partial charge in [-0.2, -0.15) is 4.31 Å². The molecule has 3 aromatic rings. The lowest BCUT2D eigenvalue weighted by Crippen LogP contribution is -2.36. The van der Waals surface area contributed by atoms with Gasteiger partial charge in [-0.05, 0) is 30.7 Å². The molecule has 1 amide bonds. The monoisotopic (exact) mass is 473 g/mol. The predicted molar refractivity (Wildman–Crippen MR) is 124 cm³/mol. The molecule has 0 aliphatic carbocycles. The van der Waals surface area contributed by atoms with Gasteiger partial charge in [-0.15, -0.1) is 11.3 Å². The summed E-state index contributed by atoms with van der Waals surface area (Å²) >= 11 is 1.18. The zero-order valence-corrected chi connectivity index (χ0v) is 19.7. The highest BCUT2D eigenvalue weighted by Gasteiger charge is 2.31. The van der Waals surface area contributed by atoms with Crippen LogP contribution < -0.4 is 0 Å². The quantitative estimate of drug-likeness (QED) is 0.488.